The van der Waals surface area contributed by atoms with E-state index in [0.29, 0.717) is 11.4 Å². The molecule has 2 aromatic rings. The van der Waals surface area contributed by atoms with Gasteiger partial charge in [0.25, 0.3) is 5.91 Å². The van der Waals surface area contributed by atoms with E-state index in [2.05, 4.69) is 15.5 Å². The monoisotopic (exact) mass is 360 g/mol. The topological polar surface area (TPSA) is 91.7 Å². The molecular formula is C17H20N4O3S. The number of sulfonamides is 1. The van der Waals surface area contributed by atoms with Crippen LogP contribution in [0, 0.1) is 13.8 Å². The molecule has 0 bridgehead atoms. The Morgan fingerprint density at radius 3 is 2.64 bits per heavy atom. The van der Waals surface area contributed by atoms with Crippen molar-refractivity contribution in [1.82, 2.24) is 10.4 Å². The van der Waals surface area contributed by atoms with E-state index in [4.69, 9.17) is 0 Å². The van der Waals surface area contributed by atoms with Crippen molar-refractivity contribution in [2.75, 3.05) is 17.1 Å². The molecule has 25 heavy (non-hydrogen) atoms. The van der Waals surface area contributed by atoms with Gasteiger partial charge in [-0.3, -0.25) is 14.1 Å². The lowest BCUT2D eigenvalue weighted by Crippen LogP contribution is -2.39. The second-order valence-electron chi connectivity index (χ2n) is 5.54. The predicted octanol–water partition coefficient (Wildman–Crippen LogP) is 1.61. The number of nitrogens with zero attached hydrogens (tertiary/aromatic N) is 3. The van der Waals surface area contributed by atoms with Crippen LogP contribution in [0.4, 0.5) is 5.69 Å². The van der Waals surface area contributed by atoms with Crippen LogP contribution in [0.25, 0.3) is 0 Å². The van der Waals surface area contributed by atoms with Gasteiger partial charge in [-0.15, -0.1) is 0 Å². The standard InChI is InChI=1S/C17H20N4O3S/c1-13-7-6-9-16(14(13)2)21(25(3,23)24)12-17(22)20-19-11-15-8-4-5-10-18-15/h4-11H,12H2,1-3H3,(H,20,22)/b19-11-. The lowest BCUT2D eigenvalue weighted by molar-refractivity contribution is -0.119. The van der Waals surface area contributed by atoms with Gasteiger partial charge in [0.15, 0.2) is 0 Å². The lowest BCUT2D eigenvalue weighted by atomic mass is 10.1. The van der Waals surface area contributed by atoms with E-state index in [-0.39, 0.29) is 6.54 Å². The van der Waals surface area contributed by atoms with Gasteiger partial charge in [0.2, 0.25) is 10.0 Å². The second-order valence-corrected chi connectivity index (χ2v) is 7.44. The van der Waals surface area contributed by atoms with Gasteiger partial charge >= 0.3 is 0 Å². The third-order valence-corrected chi connectivity index (χ3v) is 4.73. The van der Waals surface area contributed by atoms with Crippen LogP contribution in [0.1, 0.15) is 16.8 Å². The molecule has 1 amide bonds. The molecule has 0 spiro atoms. The average molecular weight is 360 g/mol. The van der Waals surface area contributed by atoms with E-state index < -0.39 is 15.9 Å². The molecule has 0 atom stereocenters. The molecule has 1 aromatic heterocycles. The molecule has 0 radical (unpaired) electrons. The van der Waals surface area contributed by atoms with Gasteiger partial charge in [-0.25, -0.2) is 13.8 Å². The number of nitrogens with one attached hydrogen (secondary N) is 1. The maximum Gasteiger partial charge on any atom is 0.260 e. The first-order valence-electron chi connectivity index (χ1n) is 7.56. The summed E-state index contributed by atoms with van der Waals surface area (Å²) >= 11 is 0. The summed E-state index contributed by atoms with van der Waals surface area (Å²) < 4.78 is 25.3. The number of aromatic nitrogens is 1. The highest BCUT2D eigenvalue weighted by atomic mass is 32.2. The summed E-state index contributed by atoms with van der Waals surface area (Å²) in [5.41, 5.74) is 5.13. The Morgan fingerprint density at radius 2 is 2.00 bits per heavy atom. The van der Waals surface area contributed by atoms with Crippen LogP contribution < -0.4 is 9.73 Å². The minimum atomic E-state index is -3.62. The number of hydrogen-bond acceptors (Lipinski definition) is 5. The summed E-state index contributed by atoms with van der Waals surface area (Å²) in [5, 5.41) is 3.80. The largest absolute Gasteiger partial charge is 0.271 e. The third-order valence-electron chi connectivity index (χ3n) is 3.61. The molecule has 1 N–H and O–H groups in total. The Morgan fingerprint density at radius 1 is 1.24 bits per heavy atom. The molecule has 1 heterocycles. The molecule has 0 fully saturated rings. The van der Waals surface area contributed by atoms with Gasteiger partial charge in [-0.1, -0.05) is 18.2 Å². The van der Waals surface area contributed by atoms with Crippen molar-refractivity contribution in [2.45, 2.75) is 13.8 Å². The van der Waals surface area contributed by atoms with E-state index in [0.717, 1.165) is 21.7 Å². The maximum absolute atomic E-state index is 12.1. The van der Waals surface area contributed by atoms with E-state index >= 15 is 0 Å². The van der Waals surface area contributed by atoms with Gasteiger partial charge in [-0.2, -0.15) is 5.10 Å². The Kier molecular flexibility index (Phi) is 5.87. The van der Waals surface area contributed by atoms with Crippen LogP contribution in [-0.4, -0.2) is 38.3 Å². The number of pyridine rings is 1. The third kappa shape index (κ3) is 5.12. The van der Waals surface area contributed by atoms with Crippen molar-refractivity contribution in [2.24, 2.45) is 5.10 Å². The maximum atomic E-state index is 12.1. The van der Waals surface area contributed by atoms with Gasteiger partial charge in [0.05, 0.1) is 23.9 Å². The molecule has 0 aliphatic rings. The minimum Gasteiger partial charge on any atom is -0.271 e. The first-order valence-corrected chi connectivity index (χ1v) is 9.40. The molecular weight excluding hydrogens is 340 g/mol. The van der Waals surface area contributed by atoms with E-state index in [1.165, 1.54) is 6.21 Å². The minimum absolute atomic E-state index is 0.358. The van der Waals surface area contributed by atoms with Crippen LogP contribution in [0.15, 0.2) is 47.7 Å². The van der Waals surface area contributed by atoms with E-state index in [1.807, 2.05) is 19.9 Å². The van der Waals surface area contributed by atoms with Crippen molar-refractivity contribution < 1.29 is 13.2 Å². The first-order chi connectivity index (χ1) is 11.8. The van der Waals surface area contributed by atoms with Gasteiger partial charge in [-0.05, 0) is 43.2 Å². The SMILES string of the molecule is Cc1cccc(N(CC(=O)N/N=C\c2ccccn2)S(C)(=O)=O)c1C. The zero-order valence-corrected chi connectivity index (χ0v) is 15.1. The summed E-state index contributed by atoms with van der Waals surface area (Å²) in [6.07, 6.45) is 4.06. The summed E-state index contributed by atoms with van der Waals surface area (Å²) in [5.74, 6) is -0.543. The number of benzene rings is 1. The summed E-state index contributed by atoms with van der Waals surface area (Å²) in [7, 11) is -3.62. The van der Waals surface area contributed by atoms with Crippen LogP contribution in [0.2, 0.25) is 0 Å². The Hall–Kier alpha value is -2.74. The highest BCUT2D eigenvalue weighted by Gasteiger charge is 2.22. The fourth-order valence-electron chi connectivity index (χ4n) is 2.18. The molecule has 0 saturated carbocycles. The van der Waals surface area contributed by atoms with Crippen LogP contribution in [0.3, 0.4) is 0 Å². The number of hydrazone groups is 1. The second kappa shape index (κ2) is 7.89. The average Bonchev–Trinajstić information content (AvgIpc) is 2.55. The number of carbonyl (C=O) groups is 1. The van der Waals surface area contributed by atoms with Crippen LogP contribution in [0.5, 0.6) is 0 Å². The zero-order chi connectivity index (χ0) is 18.4. The number of carbonyl (C=O) groups excluding carboxylic acids is 1. The summed E-state index contributed by atoms with van der Waals surface area (Å²) in [6, 6.07) is 10.6. The fraction of sp³-hybridized carbons (Fsp3) is 0.235. The van der Waals surface area contributed by atoms with Gasteiger partial charge in [0.1, 0.15) is 6.54 Å². The number of amides is 1. The smallest absolute Gasteiger partial charge is 0.260 e. The quantitative estimate of drug-likeness (QED) is 0.626. The Balaban J connectivity index is 2.14. The number of anilines is 1. The normalized spacial score (nSPS) is 11.5. The molecule has 0 aliphatic heterocycles. The van der Waals surface area contributed by atoms with Crippen LogP contribution >= 0.6 is 0 Å². The number of rotatable bonds is 6. The lowest BCUT2D eigenvalue weighted by Gasteiger charge is -2.23. The number of aryl methyl sites for hydroxylation is 1. The molecule has 0 saturated heterocycles. The Labute approximate surface area is 147 Å². The van der Waals surface area contributed by atoms with Crippen LogP contribution in [-0.2, 0) is 14.8 Å². The van der Waals surface area contributed by atoms with Crippen molar-refractivity contribution in [3.8, 4) is 0 Å². The predicted molar refractivity (Wildman–Crippen MR) is 98.1 cm³/mol. The first kappa shape index (κ1) is 18.6. The van der Waals surface area contributed by atoms with E-state index in [1.54, 1.807) is 36.5 Å². The van der Waals surface area contributed by atoms with E-state index in [9.17, 15) is 13.2 Å². The molecule has 132 valence electrons. The summed E-state index contributed by atoms with van der Waals surface area (Å²) in [6.45, 7) is 3.35. The molecule has 0 aliphatic carbocycles. The molecule has 7 nitrogen and oxygen atoms in total. The van der Waals surface area contributed by atoms with Crippen molar-refractivity contribution in [3.05, 3.63) is 59.4 Å². The van der Waals surface area contributed by atoms with Crippen molar-refractivity contribution in [3.63, 3.8) is 0 Å². The molecule has 1 aromatic carbocycles. The molecule has 8 heteroatoms. The van der Waals surface area contributed by atoms with Gasteiger partial charge in [0, 0.05) is 6.20 Å². The van der Waals surface area contributed by atoms with Crippen molar-refractivity contribution >= 4 is 27.8 Å². The zero-order valence-electron chi connectivity index (χ0n) is 14.3. The van der Waals surface area contributed by atoms with Gasteiger partial charge < -0.3 is 0 Å². The summed E-state index contributed by atoms with van der Waals surface area (Å²) in [4.78, 5) is 16.1. The highest BCUT2D eigenvalue weighted by Crippen LogP contribution is 2.24. The molecule has 0 unspecified atom stereocenters. The van der Waals surface area contributed by atoms with Crippen molar-refractivity contribution in [1.29, 1.82) is 0 Å². The fourth-order valence-corrected chi connectivity index (χ4v) is 3.08. The molecule has 2 rings (SSSR count). The Bertz CT molecular complexity index is 880. The number of hydrogen-bond donors (Lipinski definition) is 1. The highest BCUT2D eigenvalue weighted by molar-refractivity contribution is 7.92.